The minimum atomic E-state index is 0.911. The van der Waals surface area contributed by atoms with Crippen LogP contribution in [0.25, 0.3) is 0 Å². The Bertz CT molecular complexity index is 289. The lowest BCUT2D eigenvalue weighted by molar-refractivity contribution is 0.436. The first kappa shape index (κ1) is 10.7. The molecule has 0 aliphatic carbocycles. The summed E-state index contributed by atoms with van der Waals surface area (Å²) in [6.45, 7) is 10.3. The van der Waals surface area contributed by atoms with E-state index < -0.39 is 0 Å². The smallest absolute Gasteiger partial charge is 0.203 e. The van der Waals surface area contributed by atoms with E-state index in [0.717, 1.165) is 50.3 Å². The quantitative estimate of drug-likeness (QED) is 0.643. The van der Waals surface area contributed by atoms with Gasteiger partial charge in [-0.3, -0.25) is 9.89 Å². The Hall–Kier alpha value is -0.840. The van der Waals surface area contributed by atoms with Gasteiger partial charge in [0.2, 0.25) is 5.96 Å². The third-order valence-corrected chi connectivity index (χ3v) is 3.48. The number of rotatable bonds is 2. The average molecular weight is 226 g/mol. The molecule has 15 heavy (non-hydrogen) atoms. The van der Waals surface area contributed by atoms with E-state index in [2.05, 4.69) is 33.5 Å². The molecule has 2 aliphatic rings. The maximum atomic E-state index is 5.44. The first-order valence-electron chi connectivity index (χ1n) is 5.63. The van der Waals surface area contributed by atoms with Gasteiger partial charge < -0.3 is 9.80 Å². The van der Waals surface area contributed by atoms with Gasteiger partial charge in [0.15, 0.2) is 5.11 Å². The lowest BCUT2D eigenvalue weighted by Gasteiger charge is -2.26. The van der Waals surface area contributed by atoms with Crippen molar-refractivity contribution in [2.45, 2.75) is 13.8 Å². The highest BCUT2D eigenvalue weighted by molar-refractivity contribution is 7.80. The molecule has 0 unspecified atom stereocenters. The molecular formula is C10H18N4S. The van der Waals surface area contributed by atoms with E-state index in [1.807, 2.05) is 0 Å². The third-order valence-electron chi connectivity index (χ3n) is 3.01. The lowest BCUT2D eigenvalue weighted by Crippen LogP contribution is -2.44. The van der Waals surface area contributed by atoms with E-state index >= 15 is 0 Å². The van der Waals surface area contributed by atoms with Gasteiger partial charge in [-0.25, -0.2) is 0 Å². The normalized spacial score (nSPS) is 21.6. The average Bonchev–Trinajstić information content (AvgIpc) is 2.83. The largest absolute Gasteiger partial charge is 0.347 e. The molecule has 1 saturated heterocycles. The summed E-state index contributed by atoms with van der Waals surface area (Å²) in [5.74, 6) is 1.08. The van der Waals surface area contributed by atoms with E-state index in [0.29, 0.717) is 0 Å². The molecule has 2 aliphatic heterocycles. The second-order valence-electron chi connectivity index (χ2n) is 3.78. The lowest BCUT2D eigenvalue weighted by atomic mass is 10.5. The molecule has 1 fully saturated rings. The Morgan fingerprint density at radius 1 is 1.13 bits per heavy atom. The van der Waals surface area contributed by atoms with Gasteiger partial charge in [0.1, 0.15) is 0 Å². The summed E-state index contributed by atoms with van der Waals surface area (Å²) in [7, 11) is 0. The molecule has 0 aromatic rings. The Morgan fingerprint density at radius 3 is 2.47 bits per heavy atom. The number of hydrogen-bond donors (Lipinski definition) is 0. The Morgan fingerprint density at radius 2 is 1.87 bits per heavy atom. The second kappa shape index (κ2) is 4.35. The van der Waals surface area contributed by atoms with Gasteiger partial charge in [0.05, 0.1) is 6.54 Å². The Balaban J connectivity index is 2.09. The zero-order chi connectivity index (χ0) is 10.8. The fraction of sp³-hybridized carbons (Fsp3) is 0.800. The van der Waals surface area contributed by atoms with Crippen LogP contribution in [0.2, 0.25) is 0 Å². The summed E-state index contributed by atoms with van der Waals surface area (Å²) in [5.41, 5.74) is 0. The van der Waals surface area contributed by atoms with Gasteiger partial charge in [-0.05, 0) is 26.1 Å². The number of hydrogen-bond acceptors (Lipinski definition) is 3. The van der Waals surface area contributed by atoms with Crippen molar-refractivity contribution in [1.82, 2.24) is 14.7 Å². The van der Waals surface area contributed by atoms with Gasteiger partial charge in [-0.15, -0.1) is 0 Å². The fourth-order valence-corrected chi connectivity index (χ4v) is 2.48. The van der Waals surface area contributed by atoms with Crippen LogP contribution >= 0.6 is 12.2 Å². The predicted molar refractivity (Wildman–Crippen MR) is 66.1 cm³/mol. The zero-order valence-electron chi connectivity index (χ0n) is 9.44. The molecule has 84 valence electrons. The second-order valence-corrected chi connectivity index (χ2v) is 4.14. The highest BCUT2D eigenvalue weighted by atomic mass is 32.1. The maximum Gasteiger partial charge on any atom is 0.203 e. The summed E-state index contributed by atoms with van der Waals surface area (Å²) in [5, 5.41) is 0.941. The van der Waals surface area contributed by atoms with Gasteiger partial charge in [-0.2, -0.15) is 0 Å². The first-order chi connectivity index (χ1) is 7.27. The highest BCUT2D eigenvalue weighted by Gasteiger charge is 2.31. The molecule has 4 nitrogen and oxygen atoms in total. The standard InChI is InChI=1S/C10H18N4S/c1-3-12-6-5-11-9(12)14-8-7-13(4-2)10(14)15/h3-8H2,1-2H3. The minimum Gasteiger partial charge on any atom is -0.347 e. The predicted octanol–water partition coefficient (Wildman–Crippen LogP) is 0.600. The van der Waals surface area contributed by atoms with Crippen LogP contribution in [-0.4, -0.2) is 65.0 Å². The minimum absolute atomic E-state index is 0.911. The number of likely N-dealkylation sites (N-methyl/N-ethyl adjacent to an activating group) is 2. The summed E-state index contributed by atoms with van der Waals surface area (Å²) in [4.78, 5) is 11.2. The summed E-state index contributed by atoms with van der Waals surface area (Å²) >= 11 is 5.44. The van der Waals surface area contributed by atoms with Crippen molar-refractivity contribution >= 4 is 23.3 Å². The molecule has 0 bridgehead atoms. The molecule has 0 amide bonds. The molecule has 0 aromatic heterocycles. The van der Waals surface area contributed by atoms with E-state index in [9.17, 15) is 0 Å². The Labute approximate surface area is 96.5 Å². The summed E-state index contributed by atoms with van der Waals surface area (Å²) in [6.07, 6.45) is 0. The summed E-state index contributed by atoms with van der Waals surface area (Å²) < 4.78 is 0. The maximum absolute atomic E-state index is 5.44. The zero-order valence-corrected chi connectivity index (χ0v) is 10.3. The molecule has 2 rings (SSSR count). The first-order valence-corrected chi connectivity index (χ1v) is 6.04. The highest BCUT2D eigenvalue weighted by Crippen LogP contribution is 2.14. The molecule has 0 aromatic carbocycles. The molecule has 5 heteroatoms. The van der Waals surface area contributed by atoms with E-state index in [-0.39, 0.29) is 0 Å². The topological polar surface area (TPSA) is 22.1 Å². The van der Waals surface area contributed by atoms with Crippen molar-refractivity contribution in [2.24, 2.45) is 4.99 Å². The number of thiocarbonyl (C=S) groups is 1. The van der Waals surface area contributed by atoms with Crippen LogP contribution in [0.5, 0.6) is 0 Å². The van der Waals surface area contributed by atoms with Crippen molar-refractivity contribution in [3.05, 3.63) is 0 Å². The molecule has 0 radical (unpaired) electrons. The van der Waals surface area contributed by atoms with Crippen LogP contribution in [0, 0.1) is 0 Å². The fourth-order valence-electron chi connectivity index (χ4n) is 2.09. The third kappa shape index (κ3) is 1.80. The van der Waals surface area contributed by atoms with E-state index in [1.165, 1.54) is 0 Å². The molecule has 0 N–H and O–H groups in total. The number of guanidine groups is 1. The van der Waals surface area contributed by atoms with Crippen LogP contribution < -0.4 is 0 Å². The van der Waals surface area contributed by atoms with Crippen molar-refractivity contribution in [1.29, 1.82) is 0 Å². The van der Waals surface area contributed by atoms with Gasteiger partial charge in [0.25, 0.3) is 0 Å². The molecule has 2 heterocycles. The van der Waals surface area contributed by atoms with Crippen LogP contribution in [-0.2, 0) is 0 Å². The van der Waals surface area contributed by atoms with Crippen LogP contribution in [0.3, 0.4) is 0 Å². The number of nitrogens with zero attached hydrogens (tertiary/aromatic N) is 4. The number of aliphatic imine (C=N–C) groups is 1. The van der Waals surface area contributed by atoms with Gasteiger partial charge in [-0.1, -0.05) is 0 Å². The van der Waals surface area contributed by atoms with Crippen LogP contribution in [0.1, 0.15) is 13.8 Å². The monoisotopic (exact) mass is 226 g/mol. The molecule has 0 atom stereocenters. The van der Waals surface area contributed by atoms with E-state index in [4.69, 9.17) is 12.2 Å². The van der Waals surface area contributed by atoms with Gasteiger partial charge >= 0.3 is 0 Å². The molecule has 0 spiro atoms. The van der Waals surface area contributed by atoms with Crippen molar-refractivity contribution in [3.8, 4) is 0 Å². The van der Waals surface area contributed by atoms with Crippen LogP contribution in [0.4, 0.5) is 0 Å². The van der Waals surface area contributed by atoms with Crippen LogP contribution in [0.15, 0.2) is 4.99 Å². The van der Waals surface area contributed by atoms with E-state index in [1.54, 1.807) is 0 Å². The van der Waals surface area contributed by atoms with Crippen molar-refractivity contribution in [2.75, 3.05) is 39.3 Å². The molecular weight excluding hydrogens is 208 g/mol. The van der Waals surface area contributed by atoms with Crippen molar-refractivity contribution in [3.63, 3.8) is 0 Å². The molecule has 0 saturated carbocycles. The summed E-state index contributed by atoms with van der Waals surface area (Å²) in [6, 6.07) is 0. The SMILES string of the molecule is CCN1CCN(C2=NCCN2CC)C1=S. The van der Waals surface area contributed by atoms with Gasteiger partial charge in [0, 0.05) is 32.7 Å². The van der Waals surface area contributed by atoms with Crippen molar-refractivity contribution < 1.29 is 0 Å². The Kier molecular flexibility index (Phi) is 3.09.